The Morgan fingerprint density at radius 2 is 2.18 bits per heavy atom. The van der Waals surface area contributed by atoms with E-state index in [0.29, 0.717) is 18.7 Å². The van der Waals surface area contributed by atoms with Crippen LogP contribution in [0.15, 0.2) is 0 Å². The minimum absolute atomic E-state index is 0.0599. The van der Waals surface area contributed by atoms with E-state index in [-0.39, 0.29) is 24.4 Å². The van der Waals surface area contributed by atoms with Gasteiger partial charge in [-0.2, -0.15) is 0 Å². The minimum Gasteiger partial charge on any atom is -0.332 e. The van der Waals surface area contributed by atoms with Crippen molar-refractivity contribution in [3.05, 3.63) is 0 Å². The van der Waals surface area contributed by atoms with Crippen molar-refractivity contribution in [2.75, 3.05) is 31.6 Å². The summed E-state index contributed by atoms with van der Waals surface area (Å²) in [5.41, 5.74) is 0. The monoisotopic (exact) mass is 258 g/mol. The second kappa shape index (κ2) is 5.16. The smallest absolute Gasteiger partial charge is 0.245 e. The molecular formula is C11H18N2O3S. The van der Waals surface area contributed by atoms with Gasteiger partial charge < -0.3 is 9.80 Å². The maximum absolute atomic E-state index is 12.1. The molecule has 0 spiro atoms. The van der Waals surface area contributed by atoms with Crippen molar-refractivity contribution in [3.63, 3.8) is 0 Å². The molecule has 96 valence electrons. The second-order valence-electron chi connectivity index (χ2n) is 4.64. The van der Waals surface area contributed by atoms with Crippen molar-refractivity contribution in [3.8, 4) is 0 Å². The zero-order valence-corrected chi connectivity index (χ0v) is 10.9. The van der Waals surface area contributed by atoms with E-state index in [4.69, 9.17) is 0 Å². The summed E-state index contributed by atoms with van der Waals surface area (Å²) in [4.78, 5) is 27.2. The Balaban J connectivity index is 1.92. The fourth-order valence-electron chi connectivity index (χ4n) is 2.51. The quantitative estimate of drug-likeness (QED) is 0.689. The largest absolute Gasteiger partial charge is 0.332 e. The molecule has 2 saturated heterocycles. The predicted octanol–water partition coefficient (Wildman–Crippen LogP) is -0.412. The van der Waals surface area contributed by atoms with Crippen LogP contribution in [0.25, 0.3) is 0 Å². The lowest BCUT2D eigenvalue weighted by Gasteiger charge is -2.36. The molecule has 2 atom stereocenters. The Kier molecular flexibility index (Phi) is 3.81. The maximum atomic E-state index is 12.1. The molecule has 0 aromatic carbocycles. The molecule has 0 N–H and O–H groups in total. The molecule has 5 nitrogen and oxygen atoms in total. The van der Waals surface area contributed by atoms with E-state index in [0.717, 1.165) is 19.4 Å². The van der Waals surface area contributed by atoms with Gasteiger partial charge >= 0.3 is 0 Å². The standard InChI is InChI=1S/C11H18N2O3S/c1-17(16)7-3-5-12-8-10(14)13-6-2-4-9(13)11(12)15/h9H,2-8H2,1H3. The van der Waals surface area contributed by atoms with Gasteiger partial charge in [0.05, 0.1) is 6.54 Å². The third-order valence-electron chi connectivity index (χ3n) is 3.36. The molecular weight excluding hydrogens is 240 g/mol. The fourth-order valence-corrected chi connectivity index (χ4v) is 3.05. The molecule has 2 heterocycles. The molecule has 0 bridgehead atoms. The normalized spacial score (nSPS) is 26.3. The molecule has 6 heteroatoms. The number of rotatable bonds is 4. The van der Waals surface area contributed by atoms with Crippen LogP contribution < -0.4 is 0 Å². The first-order chi connectivity index (χ1) is 8.09. The first kappa shape index (κ1) is 12.5. The van der Waals surface area contributed by atoms with E-state index >= 15 is 0 Å². The van der Waals surface area contributed by atoms with E-state index in [1.807, 2.05) is 0 Å². The van der Waals surface area contributed by atoms with Crippen LogP contribution in [0.5, 0.6) is 0 Å². The van der Waals surface area contributed by atoms with E-state index < -0.39 is 10.8 Å². The SMILES string of the molecule is CS(=O)CCCN1CC(=O)N2CCCC2C1=O. The number of carbonyl (C=O) groups is 2. The second-order valence-corrected chi connectivity index (χ2v) is 6.19. The Morgan fingerprint density at radius 1 is 1.41 bits per heavy atom. The molecule has 2 rings (SSSR count). The number of carbonyl (C=O) groups excluding carboxylic acids is 2. The number of nitrogens with zero attached hydrogens (tertiary/aromatic N) is 2. The summed E-state index contributed by atoms with van der Waals surface area (Å²) in [5, 5.41) is 0. The van der Waals surface area contributed by atoms with Crippen molar-refractivity contribution >= 4 is 22.6 Å². The highest BCUT2D eigenvalue weighted by Crippen LogP contribution is 2.23. The van der Waals surface area contributed by atoms with Gasteiger partial charge in [0.1, 0.15) is 6.04 Å². The third-order valence-corrected chi connectivity index (χ3v) is 4.22. The molecule has 2 fully saturated rings. The average Bonchev–Trinajstić information content (AvgIpc) is 2.74. The van der Waals surface area contributed by atoms with Crippen LogP contribution in [0.4, 0.5) is 0 Å². The lowest BCUT2D eigenvalue weighted by molar-refractivity contribution is -0.153. The van der Waals surface area contributed by atoms with E-state index in [9.17, 15) is 13.8 Å². The number of hydrogen-bond donors (Lipinski definition) is 0. The first-order valence-corrected chi connectivity index (χ1v) is 7.70. The summed E-state index contributed by atoms with van der Waals surface area (Å²) in [7, 11) is -0.828. The van der Waals surface area contributed by atoms with E-state index in [1.54, 1.807) is 16.1 Å². The van der Waals surface area contributed by atoms with Gasteiger partial charge in [0.2, 0.25) is 11.8 Å². The van der Waals surface area contributed by atoms with Crippen molar-refractivity contribution in [2.45, 2.75) is 25.3 Å². The highest BCUT2D eigenvalue weighted by molar-refractivity contribution is 7.84. The highest BCUT2D eigenvalue weighted by Gasteiger charge is 2.41. The first-order valence-electron chi connectivity index (χ1n) is 5.98. The van der Waals surface area contributed by atoms with Crippen LogP contribution in [0.1, 0.15) is 19.3 Å². The van der Waals surface area contributed by atoms with Gasteiger partial charge in [-0.1, -0.05) is 0 Å². The van der Waals surface area contributed by atoms with Crippen LogP contribution in [0.2, 0.25) is 0 Å². The maximum Gasteiger partial charge on any atom is 0.245 e. The molecule has 0 aromatic heterocycles. The molecule has 0 aliphatic carbocycles. The highest BCUT2D eigenvalue weighted by atomic mass is 32.2. The fraction of sp³-hybridized carbons (Fsp3) is 0.818. The molecule has 0 aromatic rings. The molecule has 17 heavy (non-hydrogen) atoms. The zero-order valence-electron chi connectivity index (χ0n) is 10.1. The molecule has 2 aliphatic rings. The third kappa shape index (κ3) is 2.68. The van der Waals surface area contributed by atoms with Gasteiger partial charge in [-0.15, -0.1) is 0 Å². The summed E-state index contributed by atoms with van der Waals surface area (Å²) in [5.74, 6) is 0.723. The van der Waals surface area contributed by atoms with Gasteiger partial charge in [0.15, 0.2) is 0 Å². The van der Waals surface area contributed by atoms with Gasteiger partial charge in [0, 0.05) is 35.9 Å². The number of amides is 2. The van der Waals surface area contributed by atoms with Gasteiger partial charge in [-0.25, -0.2) is 0 Å². The Labute approximate surface area is 104 Å². The number of fused-ring (bicyclic) bond motifs is 1. The zero-order chi connectivity index (χ0) is 12.4. The van der Waals surface area contributed by atoms with Crippen molar-refractivity contribution in [1.82, 2.24) is 9.80 Å². The van der Waals surface area contributed by atoms with Crippen LogP contribution >= 0.6 is 0 Å². The topological polar surface area (TPSA) is 57.7 Å². The molecule has 2 amide bonds. The van der Waals surface area contributed by atoms with Gasteiger partial charge in [-0.05, 0) is 19.3 Å². The van der Waals surface area contributed by atoms with Crippen molar-refractivity contribution in [2.24, 2.45) is 0 Å². The summed E-state index contributed by atoms with van der Waals surface area (Å²) >= 11 is 0. The van der Waals surface area contributed by atoms with Crippen LogP contribution in [-0.4, -0.2) is 63.5 Å². The van der Waals surface area contributed by atoms with Crippen molar-refractivity contribution in [1.29, 1.82) is 0 Å². The molecule has 0 saturated carbocycles. The number of piperazine rings is 1. The average molecular weight is 258 g/mol. The van der Waals surface area contributed by atoms with Gasteiger partial charge in [-0.3, -0.25) is 13.8 Å². The minimum atomic E-state index is -0.828. The lowest BCUT2D eigenvalue weighted by Crippen LogP contribution is -2.57. The van der Waals surface area contributed by atoms with Crippen molar-refractivity contribution < 1.29 is 13.8 Å². The Bertz CT molecular complexity index is 359. The summed E-state index contributed by atoms with van der Waals surface area (Å²) in [6.07, 6.45) is 4.08. The number of hydrogen-bond acceptors (Lipinski definition) is 3. The van der Waals surface area contributed by atoms with Crippen LogP contribution in [0.3, 0.4) is 0 Å². The molecule has 2 unspecified atom stereocenters. The Hall–Kier alpha value is -0.910. The molecule has 0 radical (unpaired) electrons. The Morgan fingerprint density at radius 3 is 2.88 bits per heavy atom. The van der Waals surface area contributed by atoms with E-state index in [1.165, 1.54) is 0 Å². The van der Waals surface area contributed by atoms with Crippen LogP contribution in [-0.2, 0) is 20.4 Å². The lowest BCUT2D eigenvalue weighted by atomic mass is 10.1. The molecule has 2 aliphatic heterocycles. The summed E-state index contributed by atoms with van der Waals surface area (Å²) < 4.78 is 10.9. The predicted molar refractivity (Wildman–Crippen MR) is 64.9 cm³/mol. The van der Waals surface area contributed by atoms with Crippen LogP contribution in [0, 0.1) is 0 Å². The van der Waals surface area contributed by atoms with E-state index in [2.05, 4.69) is 0 Å². The summed E-state index contributed by atoms with van der Waals surface area (Å²) in [6, 6.07) is -0.219. The van der Waals surface area contributed by atoms with Gasteiger partial charge in [0.25, 0.3) is 0 Å². The summed E-state index contributed by atoms with van der Waals surface area (Å²) in [6.45, 7) is 1.47.